The molecule has 2 aliphatic rings. The second-order valence-electron chi connectivity index (χ2n) is 7.48. The molecule has 0 saturated carbocycles. The van der Waals surface area contributed by atoms with Crippen LogP contribution in [0.1, 0.15) is 18.4 Å². The van der Waals surface area contributed by atoms with E-state index in [1.165, 1.54) is 23.0 Å². The predicted octanol–water partition coefficient (Wildman–Crippen LogP) is 1.54. The average Bonchev–Trinajstić information content (AvgIpc) is 3.38. The molecule has 28 heavy (non-hydrogen) atoms. The molecule has 8 nitrogen and oxygen atoms in total. The number of halogens is 1. The third kappa shape index (κ3) is 3.63. The summed E-state index contributed by atoms with van der Waals surface area (Å²) in [7, 11) is -1.96. The second-order valence-corrected chi connectivity index (χ2v) is 9.37. The third-order valence-electron chi connectivity index (χ3n) is 5.44. The molecular weight excluding hydrogens is 385 g/mol. The number of hydrogen-bond acceptors (Lipinski definition) is 6. The number of rotatable bonds is 5. The molecule has 0 aromatic carbocycles. The maximum Gasteiger partial charge on any atom is 0.262 e. The topological polar surface area (TPSA) is 89.4 Å². The van der Waals surface area contributed by atoms with Crippen molar-refractivity contribution in [1.29, 1.82) is 0 Å². The fourth-order valence-corrected chi connectivity index (χ4v) is 5.39. The van der Waals surface area contributed by atoms with Crippen LogP contribution in [0.5, 0.6) is 0 Å². The van der Waals surface area contributed by atoms with E-state index < -0.39 is 10.0 Å². The van der Waals surface area contributed by atoms with Crippen LogP contribution in [-0.2, 0) is 21.8 Å². The Labute approximate surface area is 163 Å². The molecule has 2 aromatic heterocycles. The fourth-order valence-electron chi connectivity index (χ4n) is 3.92. The van der Waals surface area contributed by atoms with Crippen molar-refractivity contribution in [2.24, 2.45) is 13.0 Å². The summed E-state index contributed by atoms with van der Waals surface area (Å²) in [6.07, 6.45) is 6.01. The van der Waals surface area contributed by atoms with Gasteiger partial charge in [0.15, 0.2) is 5.03 Å². The van der Waals surface area contributed by atoms with E-state index in [1.54, 1.807) is 24.6 Å². The van der Waals surface area contributed by atoms with Crippen molar-refractivity contribution >= 4 is 15.8 Å². The molecule has 3 atom stereocenters. The van der Waals surface area contributed by atoms with Gasteiger partial charge in [-0.15, -0.1) is 0 Å². The van der Waals surface area contributed by atoms with Crippen molar-refractivity contribution in [2.45, 2.75) is 36.9 Å². The first-order valence-corrected chi connectivity index (χ1v) is 10.8. The monoisotopic (exact) mass is 409 g/mol. The molecule has 0 radical (unpaired) electrons. The molecule has 0 bridgehead atoms. The summed E-state index contributed by atoms with van der Waals surface area (Å²) in [5.74, 6) is 0.143. The number of anilines is 1. The summed E-state index contributed by atoms with van der Waals surface area (Å²) in [6, 6.07) is 1.46. The zero-order valence-corrected chi connectivity index (χ0v) is 16.7. The van der Waals surface area contributed by atoms with Gasteiger partial charge in [0.25, 0.3) is 10.0 Å². The number of imidazole rings is 1. The van der Waals surface area contributed by atoms with Crippen LogP contribution in [-0.4, -0.2) is 59.1 Å². The van der Waals surface area contributed by atoms with Gasteiger partial charge in [-0.2, -0.15) is 4.31 Å². The number of aromatic nitrogens is 3. The summed E-state index contributed by atoms with van der Waals surface area (Å²) in [5, 5.41) is 3.34. The van der Waals surface area contributed by atoms with E-state index in [1.807, 2.05) is 0 Å². The highest BCUT2D eigenvalue weighted by Crippen LogP contribution is 2.33. The molecule has 2 aliphatic heterocycles. The molecule has 10 heteroatoms. The SMILES string of the molecule is Cc1cc(NC2CN(S(=O)(=O)c3cn(C)cn3)CC2C2CCCO2)ncc1F. The number of pyridine rings is 1. The van der Waals surface area contributed by atoms with Gasteiger partial charge in [0, 0.05) is 44.9 Å². The van der Waals surface area contributed by atoms with Crippen molar-refractivity contribution in [3.05, 3.63) is 36.2 Å². The van der Waals surface area contributed by atoms with Gasteiger partial charge in [-0.1, -0.05) is 0 Å². The summed E-state index contributed by atoms with van der Waals surface area (Å²) in [5.41, 5.74) is 0.488. The van der Waals surface area contributed by atoms with Gasteiger partial charge in [-0.05, 0) is 31.4 Å². The molecule has 0 spiro atoms. The summed E-state index contributed by atoms with van der Waals surface area (Å²) in [6.45, 7) is 2.99. The van der Waals surface area contributed by atoms with Gasteiger partial charge < -0.3 is 14.6 Å². The Balaban J connectivity index is 1.59. The first kappa shape index (κ1) is 19.3. The van der Waals surface area contributed by atoms with Crippen molar-refractivity contribution in [3.8, 4) is 0 Å². The molecule has 4 rings (SSSR count). The quantitative estimate of drug-likeness (QED) is 0.806. The first-order chi connectivity index (χ1) is 13.3. The molecule has 2 fully saturated rings. The summed E-state index contributed by atoms with van der Waals surface area (Å²) >= 11 is 0. The van der Waals surface area contributed by atoms with E-state index in [9.17, 15) is 12.8 Å². The number of nitrogens with zero attached hydrogens (tertiary/aromatic N) is 4. The van der Waals surface area contributed by atoms with Gasteiger partial charge in [-0.25, -0.2) is 22.8 Å². The molecule has 2 saturated heterocycles. The standard InChI is InChI=1S/C18H24FN5O3S/c1-12-6-17(20-7-14(12)19)22-15-9-24(8-13(15)16-4-3-5-27-16)28(25,26)18-10-23(2)11-21-18/h6-7,10-11,13,15-16H,3-5,8-9H2,1-2H3,(H,20,22). The van der Waals surface area contributed by atoms with Crippen LogP contribution in [0.3, 0.4) is 0 Å². The smallest absolute Gasteiger partial charge is 0.262 e. The number of sulfonamides is 1. The molecule has 2 aromatic rings. The zero-order valence-electron chi connectivity index (χ0n) is 15.9. The van der Waals surface area contributed by atoms with E-state index >= 15 is 0 Å². The van der Waals surface area contributed by atoms with Crippen LogP contribution in [0.15, 0.2) is 29.8 Å². The van der Waals surface area contributed by atoms with Gasteiger partial charge in [0.05, 0.1) is 18.6 Å². The van der Waals surface area contributed by atoms with Gasteiger partial charge in [-0.3, -0.25) is 0 Å². The Morgan fingerprint density at radius 2 is 2.14 bits per heavy atom. The lowest BCUT2D eigenvalue weighted by Gasteiger charge is -2.25. The van der Waals surface area contributed by atoms with Crippen LogP contribution in [0, 0.1) is 18.7 Å². The van der Waals surface area contributed by atoms with E-state index in [2.05, 4.69) is 15.3 Å². The highest BCUT2D eigenvalue weighted by atomic mass is 32.2. The Morgan fingerprint density at radius 3 is 2.79 bits per heavy atom. The maximum absolute atomic E-state index is 13.5. The Hall–Kier alpha value is -2.04. The van der Waals surface area contributed by atoms with Crippen molar-refractivity contribution in [2.75, 3.05) is 25.0 Å². The average molecular weight is 409 g/mol. The van der Waals surface area contributed by atoms with E-state index in [0.29, 0.717) is 24.5 Å². The molecule has 1 N–H and O–H groups in total. The number of ether oxygens (including phenoxy) is 1. The fraction of sp³-hybridized carbons (Fsp3) is 0.556. The van der Waals surface area contributed by atoms with Crippen LogP contribution in [0.4, 0.5) is 10.2 Å². The Bertz CT molecular complexity index is 958. The Morgan fingerprint density at radius 1 is 1.32 bits per heavy atom. The summed E-state index contributed by atoms with van der Waals surface area (Å²) < 4.78 is 48.5. The van der Waals surface area contributed by atoms with Gasteiger partial charge >= 0.3 is 0 Å². The van der Waals surface area contributed by atoms with E-state index in [-0.39, 0.29) is 35.5 Å². The lowest BCUT2D eigenvalue weighted by molar-refractivity contribution is 0.0651. The number of nitrogens with one attached hydrogen (secondary N) is 1. The molecule has 3 unspecified atom stereocenters. The van der Waals surface area contributed by atoms with Crippen LogP contribution in [0.25, 0.3) is 0 Å². The van der Waals surface area contributed by atoms with Crippen LogP contribution >= 0.6 is 0 Å². The first-order valence-electron chi connectivity index (χ1n) is 9.33. The Kier molecular flexibility index (Phi) is 5.11. The molecule has 0 aliphatic carbocycles. The third-order valence-corrected chi connectivity index (χ3v) is 7.16. The maximum atomic E-state index is 13.5. The van der Waals surface area contributed by atoms with E-state index in [4.69, 9.17) is 4.74 Å². The van der Waals surface area contributed by atoms with Crippen LogP contribution in [0.2, 0.25) is 0 Å². The van der Waals surface area contributed by atoms with Gasteiger partial charge in [0.2, 0.25) is 0 Å². The highest BCUT2D eigenvalue weighted by Gasteiger charge is 2.44. The molecule has 4 heterocycles. The molecular formula is C18H24FN5O3S. The minimum absolute atomic E-state index is 0.0111. The second kappa shape index (κ2) is 7.41. The number of hydrogen-bond donors (Lipinski definition) is 1. The van der Waals surface area contributed by atoms with Crippen molar-refractivity contribution in [3.63, 3.8) is 0 Å². The lowest BCUT2D eigenvalue weighted by Crippen LogP contribution is -2.36. The van der Waals surface area contributed by atoms with E-state index in [0.717, 1.165) is 12.8 Å². The highest BCUT2D eigenvalue weighted by molar-refractivity contribution is 7.89. The normalized spacial score (nSPS) is 26.0. The lowest BCUT2D eigenvalue weighted by atomic mass is 9.95. The van der Waals surface area contributed by atoms with Crippen molar-refractivity contribution < 1.29 is 17.5 Å². The molecule has 0 amide bonds. The zero-order chi connectivity index (χ0) is 19.9. The van der Waals surface area contributed by atoms with Crippen molar-refractivity contribution in [1.82, 2.24) is 18.8 Å². The molecule has 152 valence electrons. The largest absolute Gasteiger partial charge is 0.378 e. The summed E-state index contributed by atoms with van der Waals surface area (Å²) in [4.78, 5) is 8.11. The van der Waals surface area contributed by atoms with Crippen LogP contribution < -0.4 is 5.32 Å². The predicted molar refractivity (Wildman–Crippen MR) is 101 cm³/mol. The minimum atomic E-state index is -3.69. The number of aryl methyl sites for hydroxylation is 2. The van der Waals surface area contributed by atoms with Gasteiger partial charge in [0.1, 0.15) is 11.6 Å². The minimum Gasteiger partial charge on any atom is -0.378 e.